The zero-order chi connectivity index (χ0) is 18.4. The monoisotopic (exact) mass is 407 g/mol. The Morgan fingerprint density at radius 3 is 2.69 bits per heavy atom. The fourth-order valence-corrected chi connectivity index (χ4v) is 2.62. The molecule has 3 aromatic rings. The Bertz CT molecular complexity index is 985. The first kappa shape index (κ1) is 17.6. The number of hydrazone groups is 1. The van der Waals surface area contributed by atoms with E-state index in [0.717, 1.165) is 10.0 Å². The quantitative estimate of drug-likeness (QED) is 0.506. The molecule has 128 valence electrons. The second-order valence-corrected chi connectivity index (χ2v) is 6.37. The molecule has 2 aromatic carbocycles. The van der Waals surface area contributed by atoms with E-state index in [2.05, 4.69) is 32.5 Å². The molecule has 0 atom stereocenters. The highest BCUT2D eigenvalue weighted by molar-refractivity contribution is 9.10. The van der Waals surface area contributed by atoms with Gasteiger partial charge in [0, 0.05) is 10.0 Å². The van der Waals surface area contributed by atoms with Crippen molar-refractivity contribution in [3.8, 4) is 17.4 Å². The molecule has 1 aromatic heterocycles. The van der Waals surface area contributed by atoms with Crippen LogP contribution in [0.25, 0.3) is 11.3 Å². The van der Waals surface area contributed by atoms with Crippen molar-refractivity contribution in [1.29, 1.82) is 5.26 Å². The minimum atomic E-state index is -0.217. The Morgan fingerprint density at radius 2 is 1.92 bits per heavy atom. The van der Waals surface area contributed by atoms with Gasteiger partial charge < -0.3 is 4.42 Å². The number of benzene rings is 2. The molecule has 0 aliphatic rings. The van der Waals surface area contributed by atoms with Gasteiger partial charge in [-0.15, -0.1) is 0 Å². The number of carbonyl (C=O) groups excluding carboxylic acids is 1. The predicted molar refractivity (Wildman–Crippen MR) is 102 cm³/mol. The molecule has 1 N–H and O–H groups in total. The summed E-state index contributed by atoms with van der Waals surface area (Å²) in [5.74, 6) is 0.839. The van der Waals surface area contributed by atoms with Crippen LogP contribution in [0.1, 0.15) is 16.9 Å². The SMILES string of the molecule is N#Cc1ccccc1-c1ccc(/C=N/NC(=O)Cc2ccc(Br)cc2)o1. The molecule has 0 aliphatic heterocycles. The summed E-state index contributed by atoms with van der Waals surface area (Å²) in [6.45, 7) is 0. The Labute approximate surface area is 159 Å². The molecule has 26 heavy (non-hydrogen) atoms. The van der Waals surface area contributed by atoms with Crippen LogP contribution in [-0.4, -0.2) is 12.1 Å². The van der Waals surface area contributed by atoms with Crippen LogP contribution in [0.4, 0.5) is 0 Å². The fraction of sp³-hybridized carbons (Fsp3) is 0.0500. The smallest absolute Gasteiger partial charge is 0.244 e. The highest BCUT2D eigenvalue weighted by Gasteiger charge is 2.08. The maximum atomic E-state index is 11.9. The molecule has 0 bridgehead atoms. The highest BCUT2D eigenvalue weighted by Crippen LogP contribution is 2.24. The lowest BCUT2D eigenvalue weighted by Crippen LogP contribution is -2.19. The molecule has 0 aliphatic carbocycles. The summed E-state index contributed by atoms with van der Waals surface area (Å²) in [5.41, 5.74) is 4.62. The van der Waals surface area contributed by atoms with Crippen molar-refractivity contribution in [2.24, 2.45) is 5.10 Å². The second-order valence-electron chi connectivity index (χ2n) is 5.46. The third-order valence-electron chi connectivity index (χ3n) is 3.60. The lowest BCUT2D eigenvalue weighted by Gasteiger charge is -2.00. The van der Waals surface area contributed by atoms with Crippen LogP contribution >= 0.6 is 15.9 Å². The molecule has 0 saturated heterocycles. The average Bonchev–Trinajstić information content (AvgIpc) is 3.12. The number of nitriles is 1. The van der Waals surface area contributed by atoms with E-state index in [1.54, 1.807) is 24.3 Å². The van der Waals surface area contributed by atoms with Gasteiger partial charge in [0.15, 0.2) is 0 Å². The first-order valence-corrected chi connectivity index (χ1v) is 8.60. The lowest BCUT2D eigenvalue weighted by atomic mass is 10.1. The van der Waals surface area contributed by atoms with Crippen LogP contribution in [0.15, 0.2) is 74.7 Å². The zero-order valence-electron chi connectivity index (χ0n) is 13.6. The molecule has 1 heterocycles. The van der Waals surface area contributed by atoms with Crippen molar-refractivity contribution in [2.75, 3.05) is 0 Å². The van der Waals surface area contributed by atoms with Crippen LogP contribution < -0.4 is 5.43 Å². The Morgan fingerprint density at radius 1 is 1.15 bits per heavy atom. The Balaban J connectivity index is 1.61. The summed E-state index contributed by atoms with van der Waals surface area (Å²) < 4.78 is 6.63. The first-order chi connectivity index (χ1) is 12.7. The predicted octanol–water partition coefficient (Wildman–Crippen LogP) is 4.27. The average molecular weight is 408 g/mol. The largest absolute Gasteiger partial charge is 0.455 e. The Hall–Kier alpha value is -3.17. The van der Waals surface area contributed by atoms with Gasteiger partial charge in [-0.25, -0.2) is 5.43 Å². The van der Waals surface area contributed by atoms with E-state index in [1.807, 2.05) is 36.4 Å². The maximum Gasteiger partial charge on any atom is 0.244 e. The molecule has 6 heteroatoms. The van der Waals surface area contributed by atoms with Crippen molar-refractivity contribution >= 4 is 28.1 Å². The van der Waals surface area contributed by atoms with Gasteiger partial charge in [0.1, 0.15) is 11.5 Å². The van der Waals surface area contributed by atoms with Gasteiger partial charge in [-0.3, -0.25) is 4.79 Å². The van der Waals surface area contributed by atoms with Gasteiger partial charge in [-0.1, -0.05) is 40.2 Å². The summed E-state index contributed by atoms with van der Waals surface area (Å²) >= 11 is 3.35. The fourth-order valence-electron chi connectivity index (χ4n) is 2.36. The van der Waals surface area contributed by atoms with Crippen LogP contribution in [0.3, 0.4) is 0 Å². The van der Waals surface area contributed by atoms with Crippen molar-refractivity contribution in [2.45, 2.75) is 6.42 Å². The van der Waals surface area contributed by atoms with Crippen molar-refractivity contribution in [1.82, 2.24) is 5.43 Å². The second kappa shape index (κ2) is 8.28. The number of nitrogens with zero attached hydrogens (tertiary/aromatic N) is 2. The summed E-state index contributed by atoms with van der Waals surface area (Å²) in [6.07, 6.45) is 1.67. The van der Waals surface area contributed by atoms with Gasteiger partial charge in [0.2, 0.25) is 5.91 Å². The molecule has 0 unspecified atom stereocenters. The van der Waals surface area contributed by atoms with E-state index in [9.17, 15) is 4.79 Å². The molecule has 0 saturated carbocycles. The molecule has 0 fully saturated rings. The number of furan rings is 1. The summed E-state index contributed by atoms with van der Waals surface area (Å²) in [7, 11) is 0. The number of hydrogen-bond donors (Lipinski definition) is 1. The number of carbonyl (C=O) groups is 1. The standard InChI is InChI=1S/C20H14BrN3O2/c21-16-7-5-14(6-8-16)11-20(25)24-23-13-17-9-10-19(26-17)18-4-2-1-3-15(18)12-22/h1-10,13H,11H2,(H,24,25)/b23-13+. The van der Waals surface area contributed by atoms with E-state index in [0.29, 0.717) is 22.6 Å². The minimum Gasteiger partial charge on any atom is -0.455 e. The summed E-state index contributed by atoms with van der Waals surface area (Å²) in [5, 5.41) is 13.1. The summed E-state index contributed by atoms with van der Waals surface area (Å²) in [4.78, 5) is 11.9. The van der Waals surface area contributed by atoms with E-state index < -0.39 is 0 Å². The molecule has 3 rings (SSSR count). The van der Waals surface area contributed by atoms with E-state index in [1.165, 1.54) is 6.21 Å². The van der Waals surface area contributed by atoms with Crippen LogP contribution in [0.2, 0.25) is 0 Å². The summed E-state index contributed by atoms with van der Waals surface area (Å²) in [6, 6.07) is 20.3. The van der Waals surface area contributed by atoms with Gasteiger partial charge in [-0.2, -0.15) is 10.4 Å². The molecule has 0 radical (unpaired) electrons. The van der Waals surface area contributed by atoms with Crippen LogP contribution in [0.5, 0.6) is 0 Å². The maximum absolute atomic E-state index is 11.9. The van der Waals surface area contributed by atoms with Gasteiger partial charge in [0.05, 0.1) is 24.3 Å². The van der Waals surface area contributed by atoms with Gasteiger partial charge in [0.25, 0.3) is 0 Å². The van der Waals surface area contributed by atoms with E-state index in [-0.39, 0.29) is 12.3 Å². The minimum absolute atomic E-state index is 0.217. The van der Waals surface area contributed by atoms with E-state index >= 15 is 0 Å². The lowest BCUT2D eigenvalue weighted by molar-refractivity contribution is -0.120. The van der Waals surface area contributed by atoms with Crippen LogP contribution in [0, 0.1) is 11.3 Å². The number of nitrogens with one attached hydrogen (secondary N) is 1. The van der Waals surface area contributed by atoms with Gasteiger partial charge in [-0.05, 0) is 42.0 Å². The van der Waals surface area contributed by atoms with Crippen LogP contribution in [-0.2, 0) is 11.2 Å². The normalized spacial score (nSPS) is 10.6. The molecular formula is C20H14BrN3O2. The van der Waals surface area contributed by atoms with Crippen molar-refractivity contribution in [3.63, 3.8) is 0 Å². The molecular weight excluding hydrogens is 394 g/mol. The molecule has 0 spiro atoms. The number of rotatable bonds is 5. The number of hydrogen-bond acceptors (Lipinski definition) is 4. The topological polar surface area (TPSA) is 78.4 Å². The third-order valence-corrected chi connectivity index (χ3v) is 4.13. The number of amides is 1. The first-order valence-electron chi connectivity index (χ1n) is 7.81. The Kier molecular flexibility index (Phi) is 5.62. The van der Waals surface area contributed by atoms with Crippen molar-refractivity contribution < 1.29 is 9.21 Å². The zero-order valence-corrected chi connectivity index (χ0v) is 15.2. The molecule has 5 nitrogen and oxygen atoms in total. The van der Waals surface area contributed by atoms with Gasteiger partial charge >= 0.3 is 0 Å². The highest BCUT2D eigenvalue weighted by atomic mass is 79.9. The third kappa shape index (κ3) is 4.47. The number of halogens is 1. The molecule has 1 amide bonds. The van der Waals surface area contributed by atoms with Crippen molar-refractivity contribution in [3.05, 3.63) is 82.0 Å². The van der Waals surface area contributed by atoms with E-state index in [4.69, 9.17) is 9.68 Å².